The van der Waals surface area contributed by atoms with Crippen molar-refractivity contribution < 1.29 is 18.9 Å². The monoisotopic (exact) mass is 273 g/mol. The molecule has 1 aliphatic heterocycles. The van der Waals surface area contributed by atoms with Gasteiger partial charge in [-0.05, 0) is 32.7 Å². The van der Waals surface area contributed by atoms with Crippen LogP contribution in [0.5, 0.6) is 0 Å². The third-order valence-electron chi connectivity index (χ3n) is 3.99. The summed E-state index contributed by atoms with van der Waals surface area (Å²) >= 11 is 0. The molecule has 0 aromatic carbocycles. The molecule has 19 heavy (non-hydrogen) atoms. The first kappa shape index (κ1) is 15.2. The lowest BCUT2D eigenvalue weighted by molar-refractivity contribution is -0.167. The fourth-order valence-electron chi connectivity index (χ4n) is 2.69. The molecule has 0 radical (unpaired) electrons. The fraction of sp³-hybridized carbons (Fsp3) is 1.00. The van der Waals surface area contributed by atoms with Crippen LogP contribution in [0.3, 0.4) is 0 Å². The standard InChI is InChI=1S/C14H27NO4/c1-15-12-9-13(14(12)18-8-7-16-2)19-10-11-5-3-4-6-17-11/h11-15H,3-10H2,1-2H3. The van der Waals surface area contributed by atoms with Gasteiger partial charge in [-0.25, -0.2) is 0 Å². The number of hydrogen-bond acceptors (Lipinski definition) is 5. The minimum absolute atomic E-state index is 0.142. The summed E-state index contributed by atoms with van der Waals surface area (Å²) in [5.74, 6) is 0. The van der Waals surface area contributed by atoms with Gasteiger partial charge in [0.1, 0.15) is 0 Å². The van der Waals surface area contributed by atoms with E-state index in [4.69, 9.17) is 18.9 Å². The Kier molecular flexibility index (Phi) is 6.53. The van der Waals surface area contributed by atoms with E-state index in [1.54, 1.807) is 7.11 Å². The van der Waals surface area contributed by atoms with E-state index in [1.165, 1.54) is 12.8 Å². The Balaban J connectivity index is 1.66. The molecule has 0 aromatic rings. The molecule has 1 heterocycles. The van der Waals surface area contributed by atoms with Crippen LogP contribution in [0.2, 0.25) is 0 Å². The molecule has 1 saturated carbocycles. The van der Waals surface area contributed by atoms with Gasteiger partial charge in [-0.1, -0.05) is 0 Å². The molecule has 0 spiro atoms. The maximum atomic E-state index is 5.96. The van der Waals surface area contributed by atoms with E-state index in [9.17, 15) is 0 Å². The van der Waals surface area contributed by atoms with Crippen molar-refractivity contribution in [2.45, 2.75) is 50.0 Å². The molecule has 2 fully saturated rings. The number of hydrogen-bond donors (Lipinski definition) is 1. The van der Waals surface area contributed by atoms with Crippen molar-refractivity contribution in [3.05, 3.63) is 0 Å². The number of ether oxygens (including phenoxy) is 4. The third kappa shape index (κ3) is 4.39. The average molecular weight is 273 g/mol. The zero-order valence-electron chi connectivity index (χ0n) is 12.1. The summed E-state index contributed by atoms with van der Waals surface area (Å²) in [5, 5.41) is 3.27. The largest absolute Gasteiger partial charge is 0.382 e. The van der Waals surface area contributed by atoms with Crippen LogP contribution in [0.15, 0.2) is 0 Å². The molecule has 1 aliphatic carbocycles. The number of methoxy groups -OCH3 is 1. The predicted octanol–water partition coefficient (Wildman–Crippen LogP) is 0.964. The Morgan fingerprint density at radius 1 is 1.21 bits per heavy atom. The van der Waals surface area contributed by atoms with Crippen LogP contribution in [-0.4, -0.2) is 64.9 Å². The van der Waals surface area contributed by atoms with Gasteiger partial charge in [-0.15, -0.1) is 0 Å². The molecule has 1 saturated heterocycles. The molecule has 0 bridgehead atoms. The Morgan fingerprint density at radius 2 is 2.11 bits per heavy atom. The SMILES string of the molecule is CNC1CC(OCC2CCCCO2)C1OCCOC. The first-order chi connectivity index (χ1) is 9.35. The van der Waals surface area contributed by atoms with Crippen LogP contribution in [-0.2, 0) is 18.9 Å². The molecule has 5 nitrogen and oxygen atoms in total. The normalized spacial score (nSPS) is 35.1. The van der Waals surface area contributed by atoms with Gasteiger partial charge in [0.15, 0.2) is 0 Å². The summed E-state index contributed by atoms with van der Waals surface area (Å²) in [5.41, 5.74) is 0. The van der Waals surface area contributed by atoms with Crippen LogP contribution in [0, 0.1) is 0 Å². The molecule has 1 N–H and O–H groups in total. The van der Waals surface area contributed by atoms with Gasteiger partial charge in [0.2, 0.25) is 0 Å². The Bertz CT molecular complexity index is 246. The maximum absolute atomic E-state index is 5.96. The second kappa shape index (κ2) is 8.17. The van der Waals surface area contributed by atoms with Crippen molar-refractivity contribution in [2.75, 3.05) is 40.6 Å². The summed E-state index contributed by atoms with van der Waals surface area (Å²) in [4.78, 5) is 0. The number of likely N-dealkylation sites (N-methyl/N-ethyl adjacent to an activating group) is 1. The summed E-state index contributed by atoms with van der Waals surface area (Å²) in [6.07, 6.45) is 5.19. The van der Waals surface area contributed by atoms with Gasteiger partial charge in [-0.3, -0.25) is 0 Å². The maximum Gasteiger partial charge on any atom is 0.0991 e. The zero-order valence-corrected chi connectivity index (χ0v) is 12.1. The lowest BCUT2D eigenvalue weighted by Gasteiger charge is -2.44. The van der Waals surface area contributed by atoms with Crippen LogP contribution >= 0.6 is 0 Å². The Morgan fingerprint density at radius 3 is 2.79 bits per heavy atom. The van der Waals surface area contributed by atoms with E-state index in [0.29, 0.717) is 25.9 Å². The molecule has 0 amide bonds. The summed E-state index contributed by atoms with van der Waals surface area (Å²) in [6.45, 7) is 2.83. The minimum atomic E-state index is 0.142. The van der Waals surface area contributed by atoms with E-state index in [0.717, 1.165) is 19.4 Å². The van der Waals surface area contributed by atoms with Gasteiger partial charge in [-0.2, -0.15) is 0 Å². The molecule has 2 aliphatic rings. The number of rotatable bonds is 8. The summed E-state index contributed by atoms with van der Waals surface area (Å²) in [7, 11) is 3.66. The van der Waals surface area contributed by atoms with Crippen molar-refractivity contribution in [1.82, 2.24) is 5.32 Å². The van der Waals surface area contributed by atoms with Gasteiger partial charge in [0.05, 0.1) is 38.1 Å². The van der Waals surface area contributed by atoms with E-state index < -0.39 is 0 Å². The zero-order chi connectivity index (χ0) is 13.5. The minimum Gasteiger partial charge on any atom is -0.382 e. The highest BCUT2D eigenvalue weighted by Gasteiger charge is 2.42. The van der Waals surface area contributed by atoms with Crippen LogP contribution in [0.25, 0.3) is 0 Å². The quantitative estimate of drug-likeness (QED) is 0.668. The fourth-order valence-corrected chi connectivity index (χ4v) is 2.69. The highest BCUT2D eigenvalue weighted by molar-refractivity contribution is 4.96. The summed E-state index contributed by atoms with van der Waals surface area (Å²) in [6, 6.07) is 0.397. The molecule has 4 unspecified atom stereocenters. The Labute approximate surface area is 115 Å². The van der Waals surface area contributed by atoms with E-state index in [2.05, 4.69) is 5.32 Å². The van der Waals surface area contributed by atoms with Crippen molar-refractivity contribution >= 4 is 0 Å². The van der Waals surface area contributed by atoms with Crippen molar-refractivity contribution in [2.24, 2.45) is 0 Å². The van der Waals surface area contributed by atoms with Crippen LogP contribution < -0.4 is 5.32 Å². The lowest BCUT2D eigenvalue weighted by Crippen LogP contribution is -2.59. The Hall–Kier alpha value is -0.200. The highest BCUT2D eigenvalue weighted by Crippen LogP contribution is 2.28. The van der Waals surface area contributed by atoms with Crippen molar-refractivity contribution in [3.8, 4) is 0 Å². The summed E-state index contributed by atoms with van der Waals surface area (Å²) < 4.78 is 22.5. The third-order valence-corrected chi connectivity index (χ3v) is 3.99. The molecule has 0 aromatic heterocycles. The average Bonchev–Trinajstić information content (AvgIpc) is 2.44. The molecular weight excluding hydrogens is 246 g/mol. The first-order valence-corrected chi connectivity index (χ1v) is 7.36. The second-order valence-corrected chi connectivity index (χ2v) is 5.32. The van der Waals surface area contributed by atoms with Gasteiger partial charge in [0.25, 0.3) is 0 Å². The van der Waals surface area contributed by atoms with Crippen LogP contribution in [0.1, 0.15) is 25.7 Å². The van der Waals surface area contributed by atoms with Gasteiger partial charge >= 0.3 is 0 Å². The first-order valence-electron chi connectivity index (χ1n) is 7.36. The number of nitrogens with one attached hydrogen (secondary N) is 1. The van der Waals surface area contributed by atoms with Crippen molar-refractivity contribution in [3.63, 3.8) is 0 Å². The van der Waals surface area contributed by atoms with Gasteiger partial charge in [0, 0.05) is 19.8 Å². The topological polar surface area (TPSA) is 49.0 Å². The van der Waals surface area contributed by atoms with E-state index in [-0.39, 0.29) is 18.3 Å². The van der Waals surface area contributed by atoms with E-state index in [1.807, 2.05) is 7.05 Å². The smallest absolute Gasteiger partial charge is 0.0991 e. The van der Waals surface area contributed by atoms with E-state index >= 15 is 0 Å². The second-order valence-electron chi connectivity index (χ2n) is 5.32. The van der Waals surface area contributed by atoms with Crippen LogP contribution in [0.4, 0.5) is 0 Å². The van der Waals surface area contributed by atoms with Gasteiger partial charge < -0.3 is 24.3 Å². The molecule has 2 rings (SSSR count). The molecule has 4 atom stereocenters. The highest BCUT2D eigenvalue weighted by atomic mass is 16.6. The molecular formula is C14H27NO4. The molecule has 112 valence electrons. The van der Waals surface area contributed by atoms with Crippen molar-refractivity contribution in [1.29, 1.82) is 0 Å². The predicted molar refractivity (Wildman–Crippen MR) is 72.4 cm³/mol. The lowest BCUT2D eigenvalue weighted by atomic mass is 9.85. The molecule has 5 heteroatoms.